The molecule has 14 heavy (non-hydrogen) atoms. The lowest BCUT2D eigenvalue weighted by Crippen LogP contribution is -2.05. The highest BCUT2D eigenvalue weighted by molar-refractivity contribution is 5.44. The first-order valence-electron chi connectivity index (χ1n) is 4.49. The molecule has 0 aliphatic carbocycles. The molecule has 0 atom stereocenters. The fourth-order valence-corrected chi connectivity index (χ4v) is 0.987. The molecular weight excluding hydrogens is 178 g/mol. The predicted octanol–water partition coefficient (Wildman–Crippen LogP) is 1.63. The van der Waals surface area contributed by atoms with Crippen LogP contribution in [0.25, 0.3) is 0 Å². The van der Waals surface area contributed by atoms with E-state index in [9.17, 15) is 0 Å². The Labute approximate surface area is 83.8 Å². The number of allylic oxidation sites excluding steroid dienone is 1. The van der Waals surface area contributed by atoms with Gasteiger partial charge in [0.25, 0.3) is 0 Å². The molecule has 0 amide bonds. The molecule has 0 saturated heterocycles. The van der Waals surface area contributed by atoms with Crippen molar-refractivity contribution in [3.63, 3.8) is 0 Å². The maximum Gasteiger partial charge on any atom is 0.222 e. The fraction of sp³-hybridized carbons (Fsp3) is 0.400. The summed E-state index contributed by atoms with van der Waals surface area (Å²) >= 11 is 0. The van der Waals surface area contributed by atoms with Crippen LogP contribution in [-0.2, 0) is 0 Å². The molecule has 1 aromatic rings. The zero-order valence-corrected chi connectivity index (χ0v) is 8.74. The Balaban J connectivity index is 2.85. The van der Waals surface area contributed by atoms with Gasteiger partial charge in [0, 0.05) is 0 Å². The number of ether oxygens (including phenoxy) is 1. The van der Waals surface area contributed by atoms with Gasteiger partial charge in [0.1, 0.15) is 18.2 Å². The van der Waals surface area contributed by atoms with Gasteiger partial charge in [-0.25, -0.2) is 4.98 Å². The van der Waals surface area contributed by atoms with Crippen molar-refractivity contribution < 1.29 is 4.74 Å². The molecule has 2 N–H and O–H groups in total. The molecule has 1 rings (SSSR count). The summed E-state index contributed by atoms with van der Waals surface area (Å²) in [7, 11) is 0. The van der Waals surface area contributed by atoms with E-state index in [1.54, 1.807) is 6.92 Å². The molecule has 1 heterocycles. The van der Waals surface area contributed by atoms with Crippen molar-refractivity contribution in [2.75, 3.05) is 12.3 Å². The van der Waals surface area contributed by atoms with E-state index in [0.717, 1.165) is 5.56 Å². The molecule has 0 aromatic carbocycles. The van der Waals surface area contributed by atoms with Gasteiger partial charge in [-0.2, -0.15) is 4.98 Å². The van der Waals surface area contributed by atoms with Crippen molar-refractivity contribution in [1.29, 1.82) is 0 Å². The average molecular weight is 193 g/mol. The number of nitrogen functional groups attached to an aromatic ring is 1. The van der Waals surface area contributed by atoms with Gasteiger partial charge in [0.2, 0.25) is 5.88 Å². The van der Waals surface area contributed by atoms with Crippen LogP contribution in [0, 0.1) is 13.8 Å². The van der Waals surface area contributed by atoms with Gasteiger partial charge >= 0.3 is 0 Å². The van der Waals surface area contributed by atoms with Gasteiger partial charge < -0.3 is 10.5 Å². The lowest BCUT2D eigenvalue weighted by molar-refractivity contribution is 0.344. The lowest BCUT2D eigenvalue weighted by atomic mass is 10.3. The molecule has 4 nitrogen and oxygen atoms in total. The average Bonchev–Trinajstić information content (AvgIpc) is 2.13. The van der Waals surface area contributed by atoms with E-state index >= 15 is 0 Å². The van der Waals surface area contributed by atoms with E-state index in [1.165, 1.54) is 0 Å². The molecule has 0 aliphatic rings. The Morgan fingerprint density at radius 1 is 1.36 bits per heavy atom. The van der Waals surface area contributed by atoms with Crippen LogP contribution in [0.3, 0.4) is 0 Å². The highest BCUT2D eigenvalue weighted by Gasteiger charge is 2.06. The number of aryl methyl sites for hydroxylation is 1. The van der Waals surface area contributed by atoms with Gasteiger partial charge in [-0.05, 0) is 20.8 Å². The van der Waals surface area contributed by atoms with E-state index < -0.39 is 0 Å². The summed E-state index contributed by atoms with van der Waals surface area (Å²) in [5.41, 5.74) is 6.47. The Morgan fingerprint density at radius 2 is 2.07 bits per heavy atom. The molecule has 0 bridgehead atoms. The van der Waals surface area contributed by atoms with E-state index in [-0.39, 0.29) is 0 Å². The number of rotatable bonds is 3. The molecule has 0 aliphatic heterocycles. The molecule has 1 aromatic heterocycles. The van der Waals surface area contributed by atoms with Gasteiger partial charge in [-0.3, -0.25) is 0 Å². The Bertz CT molecular complexity index is 347. The van der Waals surface area contributed by atoms with Gasteiger partial charge in [0.15, 0.2) is 0 Å². The molecule has 0 unspecified atom stereocenters. The van der Waals surface area contributed by atoms with Crippen LogP contribution < -0.4 is 10.5 Å². The third kappa shape index (κ3) is 2.45. The first kappa shape index (κ1) is 10.5. The highest BCUT2D eigenvalue weighted by atomic mass is 16.5. The van der Waals surface area contributed by atoms with Gasteiger partial charge in [-0.15, -0.1) is 0 Å². The molecular formula is C10H15N3O. The summed E-state index contributed by atoms with van der Waals surface area (Å²) in [6, 6.07) is 0. The lowest BCUT2D eigenvalue weighted by Gasteiger charge is -2.08. The second kappa shape index (κ2) is 4.60. The maximum atomic E-state index is 5.68. The Hall–Kier alpha value is -1.58. The molecule has 76 valence electrons. The molecule has 0 saturated carbocycles. The number of hydrogen-bond acceptors (Lipinski definition) is 4. The summed E-state index contributed by atoms with van der Waals surface area (Å²) in [6.07, 6.45) is 3.83. The van der Waals surface area contributed by atoms with Crippen molar-refractivity contribution in [2.24, 2.45) is 0 Å². The quantitative estimate of drug-likeness (QED) is 0.741. The summed E-state index contributed by atoms with van der Waals surface area (Å²) in [6.45, 7) is 6.08. The fourth-order valence-electron chi connectivity index (χ4n) is 0.987. The smallest absolute Gasteiger partial charge is 0.222 e. The van der Waals surface area contributed by atoms with Crippen molar-refractivity contribution in [1.82, 2.24) is 9.97 Å². The maximum absolute atomic E-state index is 5.68. The zero-order valence-electron chi connectivity index (χ0n) is 8.74. The topological polar surface area (TPSA) is 61.0 Å². The monoisotopic (exact) mass is 193 g/mol. The van der Waals surface area contributed by atoms with Gasteiger partial charge in [-0.1, -0.05) is 12.2 Å². The largest absolute Gasteiger partial charge is 0.473 e. The van der Waals surface area contributed by atoms with E-state index in [0.29, 0.717) is 24.1 Å². The normalized spacial score (nSPS) is 10.8. The van der Waals surface area contributed by atoms with Crippen LogP contribution in [-0.4, -0.2) is 16.6 Å². The third-order valence-corrected chi connectivity index (χ3v) is 1.80. The van der Waals surface area contributed by atoms with Gasteiger partial charge in [0.05, 0.1) is 5.56 Å². The first-order valence-corrected chi connectivity index (χ1v) is 4.49. The number of anilines is 1. The second-order valence-corrected chi connectivity index (χ2v) is 2.97. The molecule has 0 fully saturated rings. The summed E-state index contributed by atoms with van der Waals surface area (Å²) in [5, 5.41) is 0. The van der Waals surface area contributed by atoms with Crippen molar-refractivity contribution in [2.45, 2.75) is 20.8 Å². The van der Waals surface area contributed by atoms with Crippen LogP contribution in [0.1, 0.15) is 18.3 Å². The van der Waals surface area contributed by atoms with E-state index in [1.807, 2.05) is 26.0 Å². The summed E-state index contributed by atoms with van der Waals surface area (Å²) < 4.78 is 5.42. The number of nitrogens with zero attached hydrogens (tertiary/aromatic N) is 2. The summed E-state index contributed by atoms with van der Waals surface area (Å²) in [5.74, 6) is 1.67. The van der Waals surface area contributed by atoms with Crippen molar-refractivity contribution >= 4 is 5.82 Å². The third-order valence-electron chi connectivity index (χ3n) is 1.80. The Kier molecular flexibility index (Phi) is 3.45. The predicted molar refractivity (Wildman–Crippen MR) is 56.2 cm³/mol. The van der Waals surface area contributed by atoms with Crippen LogP contribution >= 0.6 is 0 Å². The van der Waals surface area contributed by atoms with Crippen molar-refractivity contribution in [3.05, 3.63) is 23.5 Å². The van der Waals surface area contributed by atoms with E-state index in [4.69, 9.17) is 10.5 Å². The standard InChI is InChI=1S/C10H15N3O/c1-4-5-6-14-10-7(2)9(11)12-8(3)13-10/h4-5H,6H2,1-3H3,(H2,11,12,13)/b5-4+. The minimum absolute atomic E-state index is 0.480. The number of nitrogens with two attached hydrogens (primary N) is 1. The minimum Gasteiger partial charge on any atom is -0.473 e. The summed E-state index contributed by atoms with van der Waals surface area (Å²) in [4.78, 5) is 8.19. The van der Waals surface area contributed by atoms with E-state index in [2.05, 4.69) is 9.97 Å². The SMILES string of the molecule is C/C=C/COc1nc(C)nc(N)c1C. The highest BCUT2D eigenvalue weighted by Crippen LogP contribution is 2.18. The number of aromatic nitrogens is 2. The number of hydrogen-bond donors (Lipinski definition) is 1. The van der Waals surface area contributed by atoms with Crippen LogP contribution in [0.2, 0.25) is 0 Å². The second-order valence-electron chi connectivity index (χ2n) is 2.97. The van der Waals surface area contributed by atoms with Crippen molar-refractivity contribution in [3.8, 4) is 5.88 Å². The molecule has 4 heteroatoms. The van der Waals surface area contributed by atoms with Crippen LogP contribution in [0.15, 0.2) is 12.2 Å². The van der Waals surface area contributed by atoms with Crippen LogP contribution in [0.5, 0.6) is 5.88 Å². The zero-order chi connectivity index (χ0) is 10.6. The Morgan fingerprint density at radius 3 is 2.71 bits per heavy atom. The minimum atomic E-state index is 0.480. The molecule has 0 spiro atoms. The molecule has 0 radical (unpaired) electrons. The van der Waals surface area contributed by atoms with Crippen LogP contribution in [0.4, 0.5) is 5.82 Å². The first-order chi connectivity index (χ1) is 6.65.